The van der Waals surface area contributed by atoms with E-state index < -0.39 is 0 Å². The number of hydrogen-bond acceptors (Lipinski definition) is 4. The highest BCUT2D eigenvalue weighted by atomic mass is 127. The number of aromatic nitrogens is 2. The van der Waals surface area contributed by atoms with Crippen molar-refractivity contribution >= 4 is 46.0 Å². The van der Waals surface area contributed by atoms with Gasteiger partial charge in [-0.25, -0.2) is 9.78 Å². The average Bonchev–Trinajstić information content (AvgIpc) is 2.68. The lowest BCUT2D eigenvalue weighted by Gasteiger charge is -2.02. The molecule has 0 aromatic carbocycles. The molecule has 0 saturated carbocycles. The molecule has 96 valence electrons. The minimum absolute atomic E-state index is 0.354. The Balaban J connectivity index is 2.56. The number of fused-ring (bicyclic) bond motifs is 1. The standard InChI is InChI=1S/C12H13IN2O2S/c1-3-17-12(16)10-11(18-4-2)15-6-5-8(13)7-9(15)14-10/h5-7H,3-4H2,1-2H3. The van der Waals surface area contributed by atoms with Crippen LogP contribution in [0.4, 0.5) is 0 Å². The summed E-state index contributed by atoms with van der Waals surface area (Å²) in [6, 6.07) is 3.94. The van der Waals surface area contributed by atoms with Crippen LogP contribution in [0.15, 0.2) is 23.4 Å². The Bertz CT molecular complexity index is 583. The monoisotopic (exact) mass is 376 g/mol. The summed E-state index contributed by atoms with van der Waals surface area (Å²) in [5.74, 6) is 0.527. The van der Waals surface area contributed by atoms with Gasteiger partial charge in [-0.2, -0.15) is 0 Å². The van der Waals surface area contributed by atoms with Crippen molar-refractivity contribution in [2.24, 2.45) is 0 Å². The van der Waals surface area contributed by atoms with E-state index in [-0.39, 0.29) is 5.97 Å². The second kappa shape index (κ2) is 5.92. The summed E-state index contributed by atoms with van der Waals surface area (Å²) in [4.78, 5) is 16.3. The third kappa shape index (κ3) is 2.64. The van der Waals surface area contributed by atoms with E-state index in [0.29, 0.717) is 12.3 Å². The second-order valence-corrected chi connectivity index (χ2v) is 5.99. The first-order valence-corrected chi connectivity index (χ1v) is 7.71. The number of thioether (sulfide) groups is 1. The van der Waals surface area contributed by atoms with E-state index in [9.17, 15) is 4.79 Å². The Morgan fingerprint density at radius 2 is 2.33 bits per heavy atom. The highest BCUT2D eigenvalue weighted by Gasteiger charge is 2.20. The zero-order valence-electron chi connectivity index (χ0n) is 10.1. The van der Waals surface area contributed by atoms with E-state index in [1.54, 1.807) is 18.7 Å². The summed E-state index contributed by atoms with van der Waals surface area (Å²) in [7, 11) is 0. The number of rotatable bonds is 4. The maximum atomic E-state index is 11.9. The molecule has 2 aromatic heterocycles. The van der Waals surface area contributed by atoms with Gasteiger partial charge in [0.25, 0.3) is 0 Å². The van der Waals surface area contributed by atoms with Gasteiger partial charge in [0, 0.05) is 9.77 Å². The molecule has 0 bridgehead atoms. The van der Waals surface area contributed by atoms with Gasteiger partial charge < -0.3 is 4.74 Å². The molecular formula is C12H13IN2O2S. The average molecular weight is 376 g/mol. The van der Waals surface area contributed by atoms with E-state index in [4.69, 9.17) is 4.74 Å². The Hall–Kier alpha value is -0.760. The number of halogens is 1. The Kier molecular flexibility index (Phi) is 4.50. The number of esters is 1. The van der Waals surface area contributed by atoms with E-state index in [1.807, 2.05) is 29.7 Å². The molecule has 2 aromatic rings. The molecule has 0 aliphatic rings. The van der Waals surface area contributed by atoms with Gasteiger partial charge in [-0.3, -0.25) is 4.40 Å². The number of ether oxygens (including phenoxy) is 1. The normalized spacial score (nSPS) is 10.8. The Morgan fingerprint density at radius 3 is 3.00 bits per heavy atom. The fourth-order valence-electron chi connectivity index (χ4n) is 1.60. The van der Waals surface area contributed by atoms with E-state index in [0.717, 1.165) is 20.0 Å². The molecule has 0 aliphatic carbocycles. The van der Waals surface area contributed by atoms with Crippen molar-refractivity contribution in [1.29, 1.82) is 0 Å². The SMILES string of the molecule is CCOC(=O)c1nc2cc(I)ccn2c1SCC. The van der Waals surface area contributed by atoms with Gasteiger partial charge in [-0.05, 0) is 47.4 Å². The fraction of sp³-hybridized carbons (Fsp3) is 0.333. The third-order valence-electron chi connectivity index (χ3n) is 2.29. The summed E-state index contributed by atoms with van der Waals surface area (Å²) < 4.78 is 8.07. The van der Waals surface area contributed by atoms with Crippen LogP contribution >= 0.6 is 34.4 Å². The molecule has 0 atom stereocenters. The third-order valence-corrected chi connectivity index (χ3v) is 3.92. The van der Waals surface area contributed by atoms with E-state index in [1.165, 1.54) is 0 Å². The van der Waals surface area contributed by atoms with Gasteiger partial charge in [0.2, 0.25) is 0 Å². The first kappa shape index (κ1) is 13.7. The summed E-state index contributed by atoms with van der Waals surface area (Å²) >= 11 is 3.82. The zero-order valence-corrected chi connectivity index (χ0v) is 13.1. The minimum Gasteiger partial charge on any atom is -0.461 e. The van der Waals surface area contributed by atoms with Crippen LogP contribution < -0.4 is 0 Å². The number of carbonyl (C=O) groups excluding carboxylic acids is 1. The molecule has 0 N–H and O–H groups in total. The molecule has 2 heterocycles. The number of imidazole rings is 1. The fourth-order valence-corrected chi connectivity index (χ4v) is 2.88. The van der Waals surface area contributed by atoms with Crippen molar-refractivity contribution in [1.82, 2.24) is 9.38 Å². The highest BCUT2D eigenvalue weighted by molar-refractivity contribution is 14.1. The lowest BCUT2D eigenvalue weighted by atomic mass is 10.5. The minimum atomic E-state index is -0.354. The van der Waals surface area contributed by atoms with Crippen molar-refractivity contribution in [2.75, 3.05) is 12.4 Å². The number of nitrogens with zero attached hydrogens (tertiary/aromatic N) is 2. The first-order chi connectivity index (χ1) is 8.67. The van der Waals surface area contributed by atoms with E-state index in [2.05, 4.69) is 27.6 Å². The predicted molar refractivity (Wildman–Crippen MR) is 80.3 cm³/mol. The quantitative estimate of drug-likeness (QED) is 0.467. The molecule has 18 heavy (non-hydrogen) atoms. The maximum Gasteiger partial charge on any atom is 0.359 e. The predicted octanol–water partition coefficient (Wildman–Crippen LogP) is 3.23. The molecule has 4 nitrogen and oxygen atoms in total. The van der Waals surface area contributed by atoms with Crippen LogP contribution in [0.25, 0.3) is 5.65 Å². The van der Waals surface area contributed by atoms with Crippen molar-refractivity contribution in [3.05, 3.63) is 27.6 Å². The van der Waals surface area contributed by atoms with Crippen LogP contribution in [0, 0.1) is 3.57 Å². The molecule has 0 fully saturated rings. The van der Waals surface area contributed by atoms with Gasteiger partial charge in [-0.1, -0.05) is 6.92 Å². The maximum absolute atomic E-state index is 11.9. The molecule has 0 unspecified atom stereocenters. The van der Waals surface area contributed by atoms with Gasteiger partial charge >= 0.3 is 5.97 Å². The van der Waals surface area contributed by atoms with Crippen LogP contribution in [0.5, 0.6) is 0 Å². The molecule has 0 radical (unpaired) electrons. The summed E-state index contributed by atoms with van der Waals surface area (Å²) in [6.45, 7) is 4.20. The van der Waals surface area contributed by atoms with Crippen molar-refractivity contribution in [3.8, 4) is 0 Å². The largest absolute Gasteiger partial charge is 0.461 e. The highest BCUT2D eigenvalue weighted by Crippen LogP contribution is 2.25. The topological polar surface area (TPSA) is 43.6 Å². The molecule has 0 saturated heterocycles. The van der Waals surface area contributed by atoms with Crippen LogP contribution in [0.2, 0.25) is 0 Å². The zero-order chi connectivity index (χ0) is 13.1. The second-order valence-electron chi connectivity index (χ2n) is 3.49. The molecule has 2 rings (SSSR count). The number of carbonyl (C=O) groups is 1. The number of pyridine rings is 1. The van der Waals surface area contributed by atoms with Crippen molar-refractivity contribution < 1.29 is 9.53 Å². The number of hydrogen-bond donors (Lipinski definition) is 0. The van der Waals surface area contributed by atoms with E-state index >= 15 is 0 Å². The van der Waals surface area contributed by atoms with Gasteiger partial charge in [0.1, 0.15) is 10.7 Å². The molecule has 0 aliphatic heterocycles. The lowest BCUT2D eigenvalue weighted by molar-refractivity contribution is 0.0515. The van der Waals surface area contributed by atoms with Gasteiger partial charge in [0.15, 0.2) is 5.69 Å². The van der Waals surface area contributed by atoms with Crippen LogP contribution in [-0.4, -0.2) is 27.7 Å². The summed E-state index contributed by atoms with van der Waals surface area (Å²) in [6.07, 6.45) is 1.94. The Morgan fingerprint density at radius 1 is 1.56 bits per heavy atom. The molecule has 0 spiro atoms. The lowest BCUT2D eigenvalue weighted by Crippen LogP contribution is -2.06. The van der Waals surface area contributed by atoms with Gasteiger partial charge in [-0.15, -0.1) is 11.8 Å². The van der Waals surface area contributed by atoms with Crippen LogP contribution in [0.3, 0.4) is 0 Å². The smallest absolute Gasteiger partial charge is 0.359 e. The van der Waals surface area contributed by atoms with Crippen molar-refractivity contribution in [2.45, 2.75) is 18.9 Å². The summed E-state index contributed by atoms with van der Waals surface area (Å²) in [5, 5.41) is 0.849. The summed E-state index contributed by atoms with van der Waals surface area (Å²) in [5.41, 5.74) is 1.19. The molecule has 6 heteroatoms. The first-order valence-electron chi connectivity index (χ1n) is 5.64. The van der Waals surface area contributed by atoms with Crippen LogP contribution in [-0.2, 0) is 4.74 Å². The van der Waals surface area contributed by atoms with Crippen LogP contribution in [0.1, 0.15) is 24.3 Å². The molecule has 0 amide bonds. The molecular weight excluding hydrogens is 363 g/mol. The Labute approximate surface area is 123 Å². The van der Waals surface area contributed by atoms with Crippen molar-refractivity contribution in [3.63, 3.8) is 0 Å². The van der Waals surface area contributed by atoms with Gasteiger partial charge in [0.05, 0.1) is 6.61 Å².